The van der Waals surface area contributed by atoms with Gasteiger partial charge in [0, 0.05) is 12.7 Å². The summed E-state index contributed by atoms with van der Waals surface area (Å²) in [6.45, 7) is 3.90. The number of para-hydroxylation sites is 1. The van der Waals surface area contributed by atoms with Gasteiger partial charge in [0.2, 0.25) is 5.91 Å². The first-order valence-electron chi connectivity index (χ1n) is 11.8. The van der Waals surface area contributed by atoms with Crippen molar-refractivity contribution in [1.82, 2.24) is 4.90 Å². The molecule has 3 N–H and O–H groups in total. The number of carboxylic acids is 1. The van der Waals surface area contributed by atoms with E-state index in [1.165, 1.54) is 25.3 Å². The number of amides is 3. The van der Waals surface area contributed by atoms with E-state index >= 15 is 0 Å². The highest BCUT2D eigenvalue weighted by molar-refractivity contribution is 6.32. The van der Waals surface area contributed by atoms with Gasteiger partial charge in [-0.1, -0.05) is 35.9 Å². The van der Waals surface area contributed by atoms with Crippen molar-refractivity contribution in [1.29, 1.82) is 0 Å². The largest absolute Gasteiger partial charge is 0.495 e. The van der Waals surface area contributed by atoms with Crippen LogP contribution in [0.25, 0.3) is 0 Å². The second kappa shape index (κ2) is 12.8. The Labute approximate surface area is 226 Å². The van der Waals surface area contributed by atoms with Crippen molar-refractivity contribution in [2.45, 2.75) is 26.3 Å². The van der Waals surface area contributed by atoms with Crippen LogP contribution in [0.2, 0.25) is 5.02 Å². The van der Waals surface area contributed by atoms with Gasteiger partial charge in [-0.25, -0.2) is 9.59 Å². The number of carbonyl (C=O) groups is 3. The molecule has 200 valence electrons. The van der Waals surface area contributed by atoms with Gasteiger partial charge in [0.1, 0.15) is 18.1 Å². The third-order valence-corrected chi connectivity index (χ3v) is 6.27. The minimum absolute atomic E-state index is 0.0614. The third kappa shape index (κ3) is 7.39. The molecule has 0 radical (unpaired) electrons. The van der Waals surface area contributed by atoms with Crippen molar-refractivity contribution < 1.29 is 29.0 Å². The molecule has 0 aliphatic rings. The lowest BCUT2D eigenvalue weighted by Crippen LogP contribution is -2.39. The standard InChI is InChI=1S/C28H30ClN3O6/c1-17-7-5-6-8-22(17)30-28(36)31-23-11-9-19(13-25(23)37-4)14-26(33)32(3)18(2)16-38-24-12-10-20(27(34)35)15-21(24)29/h5-13,15,18H,14,16H2,1-4H3,(H,34,35)(H2,30,31,36)/t18-/m0/s1. The lowest BCUT2D eigenvalue weighted by Gasteiger charge is -2.25. The highest BCUT2D eigenvalue weighted by Crippen LogP contribution is 2.28. The van der Waals surface area contributed by atoms with Gasteiger partial charge in [-0.05, 0) is 61.4 Å². The fraction of sp³-hybridized carbons (Fsp3) is 0.250. The molecule has 0 saturated heterocycles. The van der Waals surface area contributed by atoms with Crippen LogP contribution >= 0.6 is 11.6 Å². The first-order chi connectivity index (χ1) is 18.1. The summed E-state index contributed by atoms with van der Waals surface area (Å²) in [6, 6.07) is 16.1. The van der Waals surface area contributed by atoms with Crippen LogP contribution in [0.3, 0.4) is 0 Å². The van der Waals surface area contributed by atoms with Crippen LogP contribution in [-0.4, -0.2) is 54.7 Å². The van der Waals surface area contributed by atoms with E-state index in [-0.39, 0.29) is 35.6 Å². The molecule has 0 spiro atoms. The van der Waals surface area contributed by atoms with Gasteiger partial charge in [-0.3, -0.25) is 4.79 Å². The fourth-order valence-electron chi connectivity index (χ4n) is 3.56. The minimum atomic E-state index is -1.08. The van der Waals surface area contributed by atoms with E-state index in [9.17, 15) is 14.4 Å². The Kier molecular flexibility index (Phi) is 9.56. The number of nitrogens with one attached hydrogen (secondary N) is 2. The quantitative estimate of drug-likeness (QED) is 0.314. The first-order valence-corrected chi connectivity index (χ1v) is 12.2. The van der Waals surface area contributed by atoms with E-state index in [0.29, 0.717) is 28.4 Å². The van der Waals surface area contributed by atoms with Crippen LogP contribution in [-0.2, 0) is 11.2 Å². The van der Waals surface area contributed by atoms with Crippen LogP contribution in [0, 0.1) is 6.92 Å². The lowest BCUT2D eigenvalue weighted by atomic mass is 10.1. The molecule has 0 bridgehead atoms. The van der Waals surface area contributed by atoms with Crippen molar-refractivity contribution in [2.24, 2.45) is 0 Å². The predicted molar refractivity (Wildman–Crippen MR) is 147 cm³/mol. The number of aromatic carboxylic acids is 1. The van der Waals surface area contributed by atoms with Gasteiger partial charge in [-0.2, -0.15) is 0 Å². The number of likely N-dealkylation sites (N-methyl/N-ethyl adjacent to an activating group) is 1. The van der Waals surface area contributed by atoms with Crippen molar-refractivity contribution in [3.8, 4) is 11.5 Å². The van der Waals surface area contributed by atoms with E-state index < -0.39 is 12.0 Å². The summed E-state index contributed by atoms with van der Waals surface area (Å²) in [5.41, 5.74) is 2.88. The molecule has 0 aliphatic heterocycles. The van der Waals surface area contributed by atoms with E-state index in [1.807, 2.05) is 38.1 Å². The summed E-state index contributed by atoms with van der Waals surface area (Å²) in [5.74, 6) is -0.464. The third-order valence-electron chi connectivity index (χ3n) is 5.98. The highest BCUT2D eigenvalue weighted by atomic mass is 35.5. The number of carboxylic acid groups (broad SMARTS) is 1. The maximum absolute atomic E-state index is 12.9. The smallest absolute Gasteiger partial charge is 0.335 e. The maximum atomic E-state index is 12.9. The number of hydrogen-bond acceptors (Lipinski definition) is 5. The van der Waals surface area contributed by atoms with Crippen molar-refractivity contribution in [3.05, 3.63) is 82.4 Å². The highest BCUT2D eigenvalue weighted by Gasteiger charge is 2.19. The van der Waals surface area contributed by atoms with Gasteiger partial charge in [0.25, 0.3) is 0 Å². The average Bonchev–Trinajstić information content (AvgIpc) is 2.89. The second-order valence-corrected chi connectivity index (χ2v) is 9.13. The number of hydrogen-bond donors (Lipinski definition) is 3. The summed E-state index contributed by atoms with van der Waals surface area (Å²) in [5, 5.41) is 14.8. The summed E-state index contributed by atoms with van der Waals surface area (Å²) in [6.07, 6.45) is 0.112. The number of carbonyl (C=O) groups excluding carboxylic acids is 2. The molecule has 3 aromatic rings. The summed E-state index contributed by atoms with van der Waals surface area (Å²) in [4.78, 5) is 38.0. The summed E-state index contributed by atoms with van der Waals surface area (Å²) < 4.78 is 11.1. The Morgan fingerprint density at radius 2 is 1.71 bits per heavy atom. The molecule has 3 rings (SSSR count). The van der Waals surface area contributed by atoms with E-state index in [4.69, 9.17) is 26.2 Å². The van der Waals surface area contributed by atoms with Crippen LogP contribution in [0.1, 0.15) is 28.4 Å². The van der Waals surface area contributed by atoms with Crippen molar-refractivity contribution in [2.75, 3.05) is 31.4 Å². The van der Waals surface area contributed by atoms with Gasteiger partial charge < -0.3 is 30.1 Å². The number of anilines is 2. The second-order valence-electron chi connectivity index (χ2n) is 8.72. The first kappa shape index (κ1) is 28.3. The van der Waals surface area contributed by atoms with Gasteiger partial charge in [0.15, 0.2) is 0 Å². The number of urea groups is 1. The van der Waals surface area contributed by atoms with Crippen molar-refractivity contribution in [3.63, 3.8) is 0 Å². The number of benzene rings is 3. The Hall–Kier alpha value is -4.24. The molecule has 38 heavy (non-hydrogen) atoms. The average molecular weight is 540 g/mol. The lowest BCUT2D eigenvalue weighted by molar-refractivity contribution is -0.131. The Bertz CT molecular complexity index is 1330. The maximum Gasteiger partial charge on any atom is 0.335 e. The molecule has 3 aromatic carbocycles. The normalized spacial score (nSPS) is 11.3. The molecule has 0 aromatic heterocycles. The number of aryl methyl sites for hydroxylation is 1. The molecule has 0 unspecified atom stereocenters. The van der Waals surface area contributed by atoms with E-state index in [0.717, 1.165) is 5.56 Å². The zero-order valence-corrected chi connectivity index (χ0v) is 22.3. The molecule has 9 nitrogen and oxygen atoms in total. The summed E-state index contributed by atoms with van der Waals surface area (Å²) >= 11 is 6.12. The van der Waals surface area contributed by atoms with Crippen molar-refractivity contribution >= 4 is 40.9 Å². The molecule has 3 amide bonds. The molecule has 10 heteroatoms. The Balaban J connectivity index is 1.58. The van der Waals surface area contributed by atoms with Crippen LogP contribution < -0.4 is 20.1 Å². The molecular formula is C28H30ClN3O6. The number of rotatable bonds is 10. The Morgan fingerprint density at radius 1 is 1.00 bits per heavy atom. The van der Waals surface area contributed by atoms with Crippen LogP contribution in [0.15, 0.2) is 60.7 Å². The molecule has 0 aliphatic carbocycles. The molecule has 0 saturated carbocycles. The minimum Gasteiger partial charge on any atom is -0.495 e. The number of halogens is 1. The van der Waals surface area contributed by atoms with Gasteiger partial charge in [0.05, 0.1) is 35.8 Å². The zero-order chi connectivity index (χ0) is 27.8. The molecule has 0 heterocycles. The number of nitrogens with zero attached hydrogens (tertiary/aromatic N) is 1. The van der Waals surface area contributed by atoms with E-state index in [2.05, 4.69) is 10.6 Å². The number of ether oxygens (including phenoxy) is 2. The van der Waals surface area contributed by atoms with Crippen LogP contribution in [0.5, 0.6) is 11.5 Å². The van der Waals surface area contributed by atoms with Crippen LogP contribution in [0.4, 0.5) is 16.2 Å². The molecule has 1 atom stereocenters. The fourth-order valence-corrected chi connectivity index (χ4v) is 3.79. The SMILES string of the molecule is COc1cc(CC(=O)N(C)[C@@H](C)COc2ccc(C(=O)O)cc2Cl)ccc1NC(=O)Nc1ccccc1C. The topological polar surface area (TPSA) is 117 Å². The Morgan fingerprint density at radius 3 is 2.37 bits per heavy atom. The molecular weight excluding hydrogens is 510 g/mol. The van der Waals surface area contributed by atoms with Gasteiger partial charge in [-0.15, -0.1) is 0 Å². The zero-order valence-electron chi connectivity index (χ0n) is 21.6. The van der Waals surface area contributed by atoms with E-state index in [1.54, 1.807) is 30.1 Å². The predicted octanol–water partition coefficient (Wildman–Crippen LogP) is 5.47. The summed E-state index contributed by atoms with van der Waals surface area (Å²) in [7, 11) is 3.17. The van der Waals surface area contributed by atoms with Gasteiger partial charge >= 0.3 is 12.0 Å². The molecule has 0 fully saturated rings. The monoisotopic (exact) mass is 539 g/mol. The number of methoxy groups -OCH3 is 1.